The molecule has 1 aliphatic heterocycles. The molecule has 1 rings (SSSR count). The van der Waals surface area contributed by atoms with Gasteiger partial charge in [0, 0.05) is 38.3 Å². The maximum atomic E-state index is 8.92. The molecule has 4 nitrogen and oxygen atoms in total. The zero-order valence-corrected chi connectivity index (χ0v) is 12.0. The average molecular weight is 258 g/mol. The highest BCUT2D eigenvalue weighted by molar-refractivity contribution is 4.82. The molecular formula is C14H30N2O2. The van der Waals surface area contributed by atoms with Gasteiger partial charge in [-0.25, -0.2) is 0 Å². The minimum absolute atomic E-state index is 0.287. The molecule has 0 amide bonds. The van der Waals surface area contributed by atoms with E-state index in [1.807, 2.05) is 0 Å². The van der Waals surface area contributed by atoms with Crippen LogP contribution in [0, 0.1) is 5.92 Å². The molecule has 0 spiro atoms. The van der Waals surface area contributed by atoms with Gasteiger partial charge in [0.05, 0.1) is 6.61 Å². The van der Waals surface area contributed by atoms with Gasteiger partial charge >= 0.3 is 0 Å². The van der Waals surface area contributed by atoms with Crippen molar-refractivity contribution in [2.75, 3.05) is 46.0 Å². The zero-order chi connectivity index (χ0) is 13.2. The Morgan fingerprint density at radius 2 is 2.22 bits per heavy atom. The van der Waals surface area contributed by atoms with Crippen LogP contribution in [0.3, 0.4) is 0 Å². The molecule has 0 aromatic heterocycles. The minimum atomic E-state index is 0.287. The van der Waals surface area contributed by atoms with Crippen LogP contribution in [0.1, 0.15) is 33.1 Å². The van der Waals surface area contributed by atoms with Crippen molar-refractivity contribution in [3.63, 3.8) is 0 Å². The molecule has 1 fully saturated rings. The Bertz CT molecular complexity index is 202. The van der Waals surface area contributed by atoms with Crippen LogP contribution in [-0.2, 0) is 4.74 Å². The molecule has 4 heteroatoms. The van der Waals surface area contributed by atoms with E-state index in [0.717, 1.165) is 52.2 Å². The molecule has 108 valence electrons. The van der Waals surface area contributed by atoms with E-state index in [0.29, 0.717) is 12.0 Å². The summed E-state index contributed by atoms with van der Waals surface area (Å²) in [6, 6.07) is 0.599. The molecule has 0 aromatic carbocycles. The third kappa shape index (κ3) is 5.65. The Balaban J connectivity index is 2.38. The first kappa shape index (κ1) is 15.9. The predicted octanol–water partition coefficient (Wildman–Crippen LogP) is 1.10. The molecular weight excluding hydrogens is 228 g/mol. The molecule has 0 bridgehead atoms. The Morgan fingerprint density at radius 1 is 1.39 bits per heavy atom. The number of aliphatic hydroxyl groups is 1. The van der Waals surface area contributed by atoms with E-state index >= 15 is 0 Å². The fourth-order valence-corrected chi connectivity index (χ4v) is 2.58. The summed E-state index contributed by atoms with van der Waals surface area (Å²) < 4.78 is 5.63. The normalized spacial score (nSPS) is 24.7. The van der Waals surface area contributed by atoms with Crippen LogP contribution in [0.5, 0.6) is 0 Å². The van der Waals surface area contributed by atoms with E-state index < -0.39 is 0 Å². The molecule has 18 heavy (non-hydrogen) atoms. The summed E-state index contributed by atoms with van der Waals surface area (Å²) in [5.74, 6) is 0.587. The third-order valence-electron chi connectivity index (χ3n) is 3.70. The maximum absolute atomic E-state index is 8.92. The van der Waals surface area contributed by atoms with Gasteiger partial charge in [-0.15, -0.1) is 0 Å². The highest BCUT2D eigenvalue weighted by Gasteiger charge is 2.26. The van der Waals surface area contributed by atoms with E-state index in [1.165, 1.54) is 6.42 Å². The number of nitrogens with one attached hydrogen (secondary N) is 1. The van der Waals surface area contributed by atoms with Gasteiger partial charge in [-0.1, -0.05) is 13.8 Å². The second-order valence-corrected chi connectivity index (χ2v) is 5.15. The lowest BCUT2D eigenvalue weighted by atomic mass is 9.95. The number of hydrogen-bond acceptors (Lipinski definition) is 4. The fourth-order valence-electron chi connectivity index (χ4n) is 2.58. The largest absolute Gasteiger partial charge is 0.396 e. The Hall–Kier alpha value is -0.160. The van der Waals surface area contributed by atoms with Gasteiger partial charge in [0.2, 0.25) is 0 Å². The van der Waals surface area contributed by atoms with Crippen molar-refractivity contribution in [2.45, 2.75) is 39.2 Å². The van der Waals surface area contributed by atoms with Crippen LogP contribution in [-0.4, -0.2) is 62.0 Å². The highest BCUT2D eigenvalue weighted by atomic mass is 16.5. The van der Waals surface area contributed by atoms with Crippen molar-refractivity contribution < 1.29 is 9.84 Å². The van der Waals surface area contributed by atoms with Gasteiger partial charge < -0.3 is 20.1 Å². The molecule has 1 saturated heterocycles. The van der Waals surface area contributed by atoms with Crippen LogP contribution in [0.2, 0.25) is 0 Å². The van der Waals surface area contributed by atoms with Gasteiger partial charge in [0.25, 0.3) is 0 Å². The number of hydrogen-bond donors (Lipinski definition) is 2. The van der Waals surface area contributed by atoms with Gasteiger partial charge in [-0.3, -0.25) is 0 Å². The first-order valence-corrected chi connectivity index (χ1v) is 7.46. The van der Waals surface area contributed by atoms with Crippen LogP contribution < -0.4 is 5.32 Å². The van der Waals surface area contributed by atoms with Gasteiger partial charge in [0.15, 0.2) is 0 Å². The molecule has 0 radical (unpaired) electrons. The van der Waals surface area contributed by atoms with E-state index in [4.69, 9.17) is 9.84 Å². The lowest BCUT2D eigenvalue weighted by Gasteiger charge is -2.35. The Labute approximate surface area is 112 Å². The quantitative estimate of drug-likeness (QED) is 0.650. The molecule has 2 atom stereocenters. The molecule has 1 aliphatic rings. The van der Waals surface area contributed by atoms with Crippen LogP contribution in [0.25, 0.3) is 0 Å². The second kappa shape index (κ2) is 9.73. The summed E-state index contributed by atoms with van der Waals surface area (Å²) in [6.07, 6.45) is 3.18. The molecule has 0 aromatic rings. The van der Waals surface area contributed by atoms with Crippen molar-refractivity contribution in [1.82, 2.24) is 10.2 Å². The smallest absolute Gasteiger partial charge is 0.0521 e. The number of nitrogens with zero attached hydrogens (tertiary/aromatic N) is 1. The fraction of sp³-hybridized carbons (Fsp3) is 1.00. The van der Waals surface area contributed by atoms with Gasteiger partial charge in [0.1, 0.15) is 0 Å². The SMILES string of the molecule is CCCNC1CCOCC1CN(CC)CCCO. The minimum Gasteiger partial charge on any atom is -0.396 e. The average Bonchev–Trinajstić information content (AvgIpc) is 2.42. The van der Waals surface area contributed by atoms with Crippen molar-refractivity contribution in [1.29, 1.82) is 0 Å². The van der Waals surface area contributed by atoms with Gasteiger partial charge in [-0.2, -0.15) is 0 Å². The van der Waals surface area contributed by atoms with Crippen LogP contribution >= 0.6 is 0 Å². The van der Waals surface area contributed by atoms with E-state index in [1.54, 1.807) is 0 Å². The number of rotatable bonds is 9. The van der Waals surface area contributed by atoms with Gasteiger partial charge in [-0.05, 0) is 32.4 Å². The summed E-state index contributed by atoms with van der Waals surface area (Å²) in [4.78, 5) is 2.43. The zero-order valence-electron chi connectivity index (χ0n) is 12.0. The first-order valence-electron chi connectivity index (χ1n) is 7.46. The van der Waals surface area contributed by atoms with Crippen molar-refractivity contribution in [2.24, 2.45) is 5.92 Å². The lowest BCUT2D eigenvalue weighted by molar-refractivity contribution is 0.0166. The molecule has 2 N–H and O–H groups in total. The standard InChI is InChI=1S/C14H30N2O2/c1-3-7-15-14-6-10-18-12-13(14)11-16(4-2)8-5-9-17/h13-15,17H,3-12H2,1-2H3. The number of aliphatic hydroxyl groups excluding tert-OH is 1. The summed E-state index contributed by atoms with van der Waals surface area (Å²) in [5.41, 5.74) is 0. The molecule has 2 unspecified atom stereocenters. The summed E-state index contributed by atoms with van der Waals surface area (Å²) in [6.45, 7) is 10.7. The highest BCUT2D eigenvalue weighted by Crippen LogP contribution is 2.16. The summed E-state index contributed by atoms with van der Waals surface area (Å²) >= 11 is 0. The second-order valence-electron chi connectivity index (χ2n) is 5.15. The molecule has 1 heterocycles. The van der Waals surface area contributed by atoms with Crippen molar-refractivity contribution in [3.05, 3.63) is 0 Å². The molecule has 0 aliphatic carbocycles. The maximum Gasteiger partial charge on any atom is 0.0521 e. The van der Waals surface area contributed by atoms with Crippen LogP contribution in [0.4, 0.5) is 0 Å². The molecule has 0 saturated carbocycles. The van der Waals surface area contributed by atoms with E-state index in [2.05, 4.69) is 24.1 Å². The van der Waals surface area contributed by atoms with Crippen LogP contribution in [0.15, 0.2) is 0 Å². The first-order chi connectivity index (χ1) is 8.81. The van der Waals surface area contributed by atoms with E-state index in [9.17, 15) is 0 Å². The topological polar surface area (TPSA) is 44.7 Å². The Morgan fingerprint density at radius 3 is 2.89 bits per heavy atom. The summed E-state index contributed by atoms with van der Waals surface area (Å²) in [7, 11) is 0. The summed E-state index contributed by atoms with van der Waals surface area (Å²) in [5, 5.41) is 12.6. The van der Waals surface area contributed by atoms with Crippen molar-refractivity contribution in [3.8, 4) is 0 Å². The van der Waals surface area contributed by atoms with Crippen molar-refractivity contribution >= 4 is 0 Å². The Kier molecular flexibility index (Phi) is 8.59. The lowest BCUT2D eigenvalue weighted by Crippen LogP contribution is -2.48. The van der Waals surface area contributed by atoms with E-state index in [-0.39, 0.29) is 6.61 Å². The third-order valence-corrected chi connectivity index (χ3v) is 3.70. The monoisotopic (exact) mass is 258 g/mol. The number of ether oxygens (including phenoxy) is 1. The predicted molar refractivity (Wildman–Crippen MR) is 74.8 cm³/mol.